The third-order valence-corrected chi connectivity index (χ3v) is 2.83. The molecule has 0 saturated carbocycles. The zero-order valence-electron chi connectivity index (χ0n) is 8.86. The lowest BCUT2D eigenvalue weighted by molar-refractivity contribution is -0.132. The Morgan fingerprint density at radius 1 is 1.33 bits per heavy atom. The maximum Gasteiger partial charge on any atom is 0.331 e. The predicted octanol–water partition coefficient (Wildman–Crippen LogP) is 1.36. The zero-order chi connectivity index (χ0) is 10.8. The molecular weight excluding hydrogens is 196 g/mol. The molecule has 84 valence electrons. The first-order valence-electron chi connectivity index (χ1n) is 5.32. The van der Waals surface area contributed by atoms with Gasteiger partial charge in [-0.15, -0.1) is 0 Å². The van der Waals surface area contributed by atoms with Crippen LogP contribution in [0.3, 0.4) is 0 Å². The van der Waals surface area contributed by atoms with Gasteiger partial charge in [0.25, 0.3) is 0 Å². The Kier molecular flexibility index (Phi) is 3.07. The number of epoxide rings is 2. The molecule has 0 aromatic heterocycles. The van der Waals surface area contributed by atoms with E-state index in [2.05, 4.69) is 0 Å². The summed E-state index contributed by atoms with van der Waals surface area (Å²) in [4.78, 5) is 11.0. The van der Waals surface area contributed by atoms with Crippen LogP contribution in [0.2, 0.25) is 0 Å². The summed E-state index contributed by atoms with van der Waals surface area (Å²) >= 11 is 0. The fourth-order valence-electron chi connectivity index (χ4n) is 1.69. The quantitative estimate of drug-likeness (QED) is 0.533. The zero-order valence-corrected chi connectivity index (χ0v) is 8.86. The summed E-state index contributed by atoms with van der Waals surface area (Å²) in [5.74, 6) is -0.797. The molecule has 2 rings (SSSR count). The van der Waals surface area contributed by atoms with Gasteiger partial charge in [-0.05, 0) is 26.2 Å². The predicted molar refractivity (Wildman–Crippen MR) is 53.7 cm³/mol. The van der Waals surface area contributed by atoms with Crippen LogP contribution in [0.4, 0.5) is 0 Å². The Bertz CT molecular complexity index is 287. The van der Waals surface area contributed by atoms with Crippen LogP contribution >= 0.6 is 0 Å². The first-order valence-corrected chi connectivity index (χ1v) is 5.32. The summed E-state index contributed by atoms with van der Waals surface area (Å²) in [6.07, 6.45) is 2.75. The lowest BCUT2D eigenvalue weighted by Gasteiger charge is -2.06. The summed E-state index contributed by atoms with van der Waals surface area (Å²) in [6.45, 7) is 3.45. The van der Waals surface area contributed by atoms with Crippen molar-refractivity contribution >= 4 is 5.97 Å². The molecule has 0 aromatic carbocycles. The maximum absolute atomic E-state index is 11.0. The summed E-state index contributed by atoms with van der Waals surface area (Å²) in [5.41, 5.74) is 1.49. The van der Waals surface area contributed by atoms with Crippen molar-refractivity contribution < 1.29 is 19.4 Å². The van der Waals surface area contributed by atoms with Crippen LogP contribution in [0, 0.1) is 0 Å². The first-order chi connectivity index (χ1) is 7.16. The molecule has 2 heterocycles. The van der Waals surface area contributed by atoms with Crippen molar-refractivity contribution in [1.82, 2.24) is 0 Å². The van der Waals surface area contributed by atoms with Gasteiger partial charge < -0.3 is 14.6 Å². The minimum absolute atomic E-state index is 0.261. The van der Waals surface area contributed by atoms with Crippen LogP contribution in [-0.2, 0) is 14.3 Å². The second kappa shape index (κ2) is 4.33. The monoisotopic (exact) mass is 212 g/mol. The highest BCUT2D eigenvalue weighted by molar-refractivity contribution is 5.87. The number of carboxylic acids is 1. The minimum atomic E-state index is -0.797. The molecule has 2 aliphatic rings. The Labute approximate surface area is 88.9 Å². The molecule has 0 aromatic rings. The van der Waals surface area contributed by atoms with Crippen LogP contribution in [0.25, 0.3) is 0 Å². The molecular formula is C11H16O4. The maximum atomic E-state index is 11.0. The number of rotatable bonds is 6. The number of hydrogen-bond donors (Lipinski definition) is 1. The average molecular weight is 212 g/mol. The van der Waals surface area contributed by atoms with Gasteiger partial charge in [0.2, 0.25) is 0 Å². The van der Waals surface area contributed by atoms with Crippen molar-refractivity contribution in [2.45, 2.75) is 38.4 Å². The Morgan fingerprint density at radius 3 is 2.40 bits per heavy atom. The van der Waals surface area contributed by atoms with Gasteiger partial charge in [-0.1, -0.05) is 5.57 Å². The molecule has 2 saturated heterocycles. The van der Waals surface area contributed by atoms with E-state index >= 15 is 0 Å². The van der Waals surface area contributed by atoms with Crippen molar-refractivity contribution in [3.05, 3.63) is 11.1 Å². The number of aliphatic carboxylic acids is 1. The smallest absolute Gasteiger partial charge is 0.331 e. The fraction of sp³-hybridized carbons (Fsp3) is 0.727. The average Bonchev–Trinajstić information content (AvgIpc) is 2.96. The van der Waals surface area contributed by atoms with E-state index in [9.17, 15) is 4.79 Å². The minimum Gasteiger partial charge on any atom is -0.478 e. The number of ether oxygens (including phenoxy) is 2. The third kappa shape index (κ3) is 3.32. The summed E-state index contributed by atoms with van der Waals surface area (Å²) in [6, 6.07) is 0. The molecule has 2 atom stereocenters. The topological polar surface area (TPSA) is 62.4 Å². The molecule has 2 fully saturated rings. The molecule has 0 amide bonds. The first kappa shape index (κ1) is 10.6. The van der Waals surface area contributed by atoms with Crippen molar-refractivity contribution in [3.63, 3.8) is 0 Å². The van der Waals surface area contributed by atoms with E-state index in [0.717, 1.165) is 31.6 Å². The Balaban J connectivity index is 1.91. The van der Waals surface area contributed by atoms with Gasteiger partial charge in [0, 0.05) is 5.57 Å². The van der Waals surface area contributed by atoms with E-state index in [1.807, 2.05) is 6.92 Å². The molecule has 4 heteroatoms. The molecule has 0 radical (unpaired) electrons. The molecule has 0 aliphatic carbocycles. The van der Waals surface area contributed by atoms with E-state index in [-0.39, 0.29) is 6.10 Å². The van der Waals surface area contributed by atoms with Crippen molar-refractivity contribution in [3.8, 4) is 0 Å². The van der Waals surface area contributed by atoms with Crippen LogP contribution in [0.5, 0.6) is 0 Å². The normalized spacial score (nSPS) is 29.7. The summed E-state index contributed by atoms with van der Waals surface area (Å²) in [7, 11) is 0. The molecule has 4 nitrogen and oxygen atoms in total. The van der Waals surface area contributed by atoms with E-state index < -0.39 is 5.97 Å². The van der Waals surface area contributed by atoms with Crippen LogP contribution in [-0.4, -0.2) is 36.5 Å². The molecule has 2 aliphatic heterocycles. The Morgan fingerprint density at radius 2 is 1.93 bits per heavy atom. The van der Waals surface area contributed by atoms with Gasteiger partial charge in [0.15, 0.2) is 0 Å². The summed E-state index contributed by atoms with van der Waals surface area (Å²) in [5, 5.41) is 9.07. The molecule has 0 bridgehead atoms. The van der Waals surface area contributed by atoms with E-state index in [1.165, 1.54) is 0 Å². The standard InChI is InChI=1S/C11H16O4/c1-7(4-9-6-15-9)10(11(12)13)3-2-8-5-14-8/h8-9H,2-6H2,1H3,(H,12,13). The SMILES string of the molecule is CC(CC1CO1)=C(CCC1CO1)C(=O)O. The van der Waals surface area contributed by atoms with Crippen LogP contribution in [0.15, 0.2) is 11.1 Å². The van der Waals surface area contributed by atoms with Gasteiger partial charge in [-0.2, -0.15) is 0 Å². The van der Waals surface area contributed by atoms with E-state index in [0.29, 0.717) is 18.1 Å². The van der Waals surface area contributed by atoms with Crippen molar-refractivity contribution in [2.24, 2.45) is 0 Å². The number of carbonyl (C=O) groups is 1. The van der Waals surface area contributed by atoms with E-state index in [4.69, 9.17) is 14.6 Å². The highest BCUT2D eigenvalue weighted by Gasteiger charge is 2.27. The van der Waals surface area contributed by atoms with Gasteiger partial charge in [0.05, 0.1) is 25.4 Å². The second-order valence-corrected chi connectivity index (χ2v) is 4.22. The van der Waals surface area contributed by atoms with Crippen LogP contribution < -0.4 is 0 Å². The Hall–Kier alpha value is -0.870. The van der Waals surface area contributed by atoms with Crippen LogP contribution in [0.1, 0.15) is 26.2 Å². The van der Waals surface area contributed by atoms with Crippen molar-refractivity contribution in [1.29, 1.82) is 0 Å². The third-order valence-electron chi connectivity index (χ3n) is 2.83. The molecule has 2 unspecified atom stereocenters. The highest BCUT2D eigenvalue weighted by Crippen LogP contribution is 2.25. The van der Waals surface area contributed by atoms with Crippen molar-refractivity contribution in [2.75, 3.05) is 13.2 Å². The summed E-state index contributed by atoms with van der Waals surface area (Å²) < 4.78 is 10.2. The molecule has 0 spiro atoms. The number of carboxylic acid groups (broad SMARTS) is 1. The fourth-order valence-corrected chi connectivity index (χ4v) is 1.69. The van der Waals surface area contributed by atoms with Gasteiger partial charge >= 0.3 is 5.97 Å². The largest absolute Gasteiger partial charge is 0.478 e. The van der Waals surface area contributed by atoms with E-state index in [1.54, 1.807) is 0 Å². The second-order valence-electron chi connectivity index (χ2n) is 4.22. The lowest BCUT2D eigenvalue weighted by Crippen LogP contribution is -2.06. The molecule has 15 heavy (non-hydrogen) atoms. The van der Waals surface area contributed by atoms with Gasteiger partial charge in [-0.3, -0.25) is 0 Å². The lowest BCUT2D eigenvalue weighted by atomic mass is 10.00. The molecule has 1 N–H and O–H groups in total. The van der Waals surface area contributed by atoms with Gasteiger partial charge in [0.1, 0.15) is 0 Å². The highest BCUT2D eigenvalue weighted by atomic mass is 16.6. The van der Waals surface area contributed by atoms with Gasteiger partial charge in [-0.25, -0.2) is 4.79 Å². The number of hydrogen-bond acceptors (Lipinski definition) is 3.